The van der Waals surface area contributed by atoms with Gasteiger partial charge in [-0.15, -0.1) is 33.7 Å². The zero-order chi connectivity index (χ0) is 26.3. The minimum absolute atomic E-state index is 0. The topological polar surface area (TPSA) is 0 Å². The summed E-state index contributed by atoms with van der Waals surface area (Å²) in [6.45, 7) is 9.33. The van der Waals surface area contributed by atoms with Crippen molar-refractivity contribution in [3.63, 3.8) is 0 Å². The van der Waals surface area contributed by atoms with E-state index in [1.807, 2.05) is 0 Å². The molecule has 1 aliphatic rings. The monoisotopic (exact) mass is 653 g/mol. The molecule has 0 aliphatic heterocycles. The summed E-state index contributed by atoms with van der Waals surface area (Å²) in [6.07, 6.45) is 8.75. The summed E-state index contributed by atoms with van der Waals surface area (Å²) in [6, 6.07) is 35.8. The van der Waals surface area contributed by atoms with Gasteiger partial charge in [0.05, 0.1) is 0 Å². The third-order valence-electron chi connectivity index (χ3n) is 8.19. The molecule has 0 fully saturated rings. The fourth-order valence-electron chi connectivity index (χ4n) is 6.08. The second kappa shape index (κ2) is 13.8. The maximum atomic E-state index is 2.56. The van der Waals surface area contributed by atoms with E-state index in [-0.39, 0.29) is 56.4 Å². The Morgan fingerprint density at radius 3 is 2.00 bits per heavy atom. The first-order chi connectivity index (χ1) is 18.4. The van der Waals surface area contributed by atoms with Crippen LogP contribution in [0, 0.1) is 11.3 Å². The van der Waals surface area contributed by atoms with Crippen LogP contribution in [0.1, 0.15) is 52.5 Å². The van der Waals surface area contributed by atoms with Crippen LogP contribution >= 0.6 is 0 Å². The van der Waals surface area contributed by atoms with E-state index in [4.69, 9.17) is 0 Å². The molecule has 5 aromatic rings. The molecule has 0 nitrogen and oxygen atoms in total. The standard InChI is InChI=1S/C38H37.2ClH.Zr/c1-5-6-13-29-23-31(38(2,3)4)25-35(29)37-33(27-16-11-8-12-17-27)20-21-34-32-19-18-28(22-30(32)24-36(34)37)26-14-9-7-10-15-26;;;/h7-12,14-25,29H,5-6,13H2,1-4H3;2*1H;/q-1;;;+3/p-2. The first kappa shape index (κ1) is 33.2. The van der Waals surface area contributed by atoms with E-state index in [9.17, 15) is 0 Å². The Morgan fingerprint density at radius 2 is 1.37 bits per heavy atom. The quantitative estimate of drug-likeness (QED) is 0.220. The van der Waals surface area contributed by atoms with Crippen molar-refractivity contribution in [2.45, 2.75) is 47.0 Å². The number of benzene rings is 4. The summed E-state index contributed by atoms with van der Waals surface area (Å²) >= 11 is 0. The molecule has 6 rings (SSSR count). The van der Waals surface area contributed by atoms with Gasteiger partial charge in [0, 0.05) is 0 Å². The Bertz CT molecular complexity index is 1670. The average molecular weight is 656 g/mol. The summed E-state index contributed by atoms with van der Waals surface area (Å²) in [5.74, 6) is 0.454. The Hall–Kier alpha value is -2.31. The Morgan fingerprint density at radius 1 is 0.732 bits per heavy atom. The molecule has 0 bridgehead atoms. The van der Waals surface area contributed by atoms with Crippen LogP contribution in [0.15, 0.2) is 115 Å². The molecule has 207 valence electrons. The number of unbranched alkanes of at least 4 members (excludes halogenated alkanes) is 1. The maximum absolute atomic E-state index is 2.56. The molecule has 0 saturated heterocycles. The van der Waals surface area contributed by atoms with Crippen molar-refractivity contribution in [2.75, 3.05) is 0 Å². The molecule has 0 aromatic heterocycles. The number of hydrogen-bond acceptors (Lipinski definition) is 0. The third kappa shape index (κ3) is 6.54. The van der Waals surface area contributed by atoms with E-state index in [1.54, 1.807) is 0 Å². The minimum Gasteiger partial charge on any atom is -1.00 e. The molecule has 0 amide bonds. The predicted octanol–water partition coefficient (Wildman–Crippen LogP) is 5.23. The average Bonchev–Trinajstić information content (AvgIpc) is 3.53. The van der Waals surface area contributed by atoms with Crippen molar-refractivity contribution in [2.24, 2.45) is 11.3 Å². The van der Waals surface area contributed by atoms with Gasteiger partial charge in [-0.25, -0.2) is 0 Å². The molecule has 0 N–H and O–H groups in total. The Labute approximate surface area is 277 Å². The second-order valence-electron chi connectivity index (χ2n) is 11.8. The molecule has 0 saturated carbocycles. The Balaban J connectivity index is 0.00000154. The van der Waals surface area contributed by atoms with Crippen molar-refractivity contribution in [1.29, 1.82) is 0 Å². The maximum Gasteiger partial charge on any atom is 3.00 e. The largest absolute Gasteiger partial charge is 3.00 e. The molecule has 5 aromatic carbocycles. The van der Waals surface area contributed by atoms with Crippen LogP contribution in [0.3, 0.4) is 0 Å². The van der Waals surface area contributed by atoms with Gasteiger partial charge in [0.15, 0.2) is 0 Å². The van der Waals surface area contributed by atoms with Gasteiger partial charge in [-0.05, 0) is 40.0 Å². The predicted molar refractivity (Wildman–Crippen MR) is 166 cm³/mol. The van der Waals surface area contributed by atoms with Crippen LogP contribution < -0.4 is 24.8 Å². The van der Waals surface area contributed by atoms with Crippen LogP contribution in [0.25, 0.3) is 49.4 Å². The number of hydrogen-bond donors (Lipinski definition) is 0. The molecule has 1 aliphatic carbocycles. The molecule has 1 unspecified atom stereocenters. The first-order valence-electron chi connectivity index (χ1n) is 14.2. The summed E-state index contributed by atoms with van der Waals surface area (Å²) in [5, 5.41) is 5.39. The van der Waals surface area contributed by atoms with E-state index in [0.717, 1.165) is 0 Å². The van der Waals surface area contributed by atoms with Gasteiger partial charge in [-0.2, -0.15) is 0 Å². The number of fused-ring (bicyclic) bond motifs is 3. The fourth-order valence-corrected chi connectivity index (χ4v) is 6.08. The fraction of sp³-hybridized carbons (Fsp3) is 0.237. The van der Waals surface area contributed by atoms with Crippen molar-refractivity contribution < 1.29 is 51.0 Å². The Kier molecular flexibility index (Phi) is 11.2. The van der Waals surface area contributed by atoms with Gasteiger partial charge in [0.2, 0.25) is 0 Å². The van der Waals surface area contributed by atoms with E-state index in [0.29, 0.717) is 5.92 Å². The van der Waals surface area contributed by atoms with Gasteiger partial charge in [-0.3, -0.25) is 0 Å². The third-order valence-corrected chi connectivity index (χ3v) is 8.19. The van der Waals surface area contributed by atoms with Crippen LogP contribution in [-0.4, -0.2) is 0 Å². The molecule has 3 heteroatoms. The minimum atomic E-state index is 0. The van der Waals surface area contributed by atoms with Crippen LogP contribution in [0.2, 0.25) is 0 Å². The van der Waals surface area contributed by atoms with E-state index in [1.165, 1.54) is 79.8 Å². The van der Waals surface area contributed by atoms with Crippen molar-refractivity contribution in [3.05, 3.63) is 120 Å². The summed E-state index contributed by atoms with van der Waals surface area (Å²) < 4.78 is 0. The van der Waals surface area contributed by atoms with Gasteiger partial charge < -0.3 is 24.8 Å². The molecule has 1 radical (unpaired) electrons. The first-order valence-corrected chi connectivity index (χ1v) is 14.2. The van der Waals surface area contributed by atoms with Crippen molar-refractivity contribution in [3.8, 4) is 22.3 Å². The van der Waals surface area contributed by atoms with E-state index in [2.05, 4.69) is 137 Å². The van der Waals surface area contributed by atoms with Gasteiger partial charge in [-0.1, -0.05) is 154 Å². The molecule has 41 heavy (non-hydrogen) atoms. The van der Waals surface area contributed by atoms with Gasteiger partial charge in [0.1, 0.15) is 0 Å². The summed E-state index contributed by atoms with van der Waals surface area (Å²) in [7, 11) is 0. The normalized spacial score (nSPS) is 14.6. The number of halogens is 2. The van der Waals surface area contributed by atoms with E-state index < -0.39 is 0 Å². The van der Waals surface area contributed by atoms with Crippen LogP contribution in [0.4, 0.5) is 0 Å². The second-order valence-corrected chi connectivity index (χ2v) is 11.8. The summed E-state index contributed by atoms with van der Waals surface area (Å²) in [5.41, 5.74) is 9.68. The molecule has 1 atom stereocenters. The molecular weight excluding hydrogens is 619 g/mol. The van der Waals surface area contributed by atoms with Gasteiger partial charge >= 0.3 is 26.2 Å². The van der Waals surface area contributed by atoms with E-state index >= 15 is 0 Å². The van der Waals surface area contributed by atoms with Crippen molar-refractivity contribution >= 4 is 27.1 Å². The number of rotatable bonds is 6. The van der Waals surface area contributed by atoms with Crippen molar-refractivity contribution in [1.82, 2.24) is 0 Å². The number of allylic oxidation sites excluding steroid dienone is 4. The summed E-state index contributed by atoms with van der Waals surface area (Å²) in [4.78, 5) is 0. The smallest absolute Gasteiger partial charge is 1.00 e. The zero-order valence-corrected chi connectivity index (χ0v) is 28.3. The molecule has 0 spiro atoms. The molecule has 0 heterocycles. The van der Waals surface area contributed by atoms with Crippen LogP contribution in [-0.2, 0) is 26.2 Å². The zero-order valence-electron chi connectivity index (χ0n) is 24.3. The molecular formula is C38H37Cl2Zr. The van der Waals surface area contributed by atoms with Crippen LogP contribution in [0.5, 0.6) is 0 Å². The SMILES string of the molecule is CCCCC1C=C(C(C)(C)C)C=C1c1c(-c2ccccc2)ccc2c1[cH-]c1cc(-c3ccccc3)ccc12.[Cl-].[Cl-].[Zr+3]. The van der Waals surface area contributed by atoms with Gasteiger partial charge in [0.25, 0.3) is 0 Å².